The van der Waals surface area contributed by atoms with Crippen molar-refractivity contribution in [1.82, 2.24) is 24.3 Å². The van der Waals surface area contributed by atoms with Crippen molar-refractivity contribution in [2.24, 2.45) is 12.5 Å². The molecular formula is C17H21N5O. The molecule has 0 aliphatic carbocycles. The molecule has 3 heterocycles. The second-order valence-corrected chi connectivity index (χ2v) is 7.06. The van der Waals surface area contributed by atoms with E-state index in [0.29, 0.717) is 11.0 Å². The van der Waals surface area contributed by atoms with Crippen molar-refractivity contribution in [3.63, 3.8) is 0 Å². The molecule has 0 aromatic carbocycles. The molecule has 0 saturated heterocycles. The molecule has 23 heavy (non-hydrogen) atoms. The van der Waals surface area contributed by atoms with Crippen LogP contribution in [-0.2, 0) is 7.05 Å². The van der Waals surface area contributed by atoms with E-state index in [2.05, 4.69) is 35.8 Å². The predicted molar refractivity (Wildman–Crippen MR) is 89.2 cm³/mol. The summed E-state index contributed by atoms with van der Waals surface area (Å²) in [7, 11) is 1.79. The fourth-order valence-corrected chi connectivity index (χ4v) is 2.77. The van der Waals surface area contributed by atoms with E-state index in [1.54, 1.807) is 35.0 Å². The van der Waals surface area contributed by atoms with Crippen molar-refractivity contribution in [2.75, 3.05) is 0 Å². The second kappa shape index (κ2) is 5.61. The van der Waals surface area contributed by atoms with Crippen LogP contribution in [0.2, 0.25) is 0 Å². The maximum absolute atomic E-state index is 12.9. The molecule has 0 fully saturated rings. The fourth-order valence-electron chi connectivity index (χ4n) is 2.77. The van der Waals surface area contributed by atoms with E-state index in [1.807, 2.05) is 18.3 Å². The average molecular weight is 311 g/mol. The first-order valence-corrected chi connectivity index (χ1v) is 7.65. The average Bonchev–Trinajstić information content (AvgIpc) is 2.87. The van der Waals surface area contributed by atoms with Gasteiger partial charge >= 0.3 is 0 Å². The number of hydrogen-bond acceptors (Lipinski definition) is 4. The molecule has 0 aliphatic heterocycles. The van der Waals surface area contributed by atoms with Crippen LogP contribution in [0.1, 0.15) is 38.8 Å². The molecule has 0 spiro atoms. The summed E-state index contributed by atoms with van der Waals surface area (Å²) < 4.78 is 3.30. The molecule has 1 atom stereocenters. The third-order valence-electron chi connectivity index (χ3n) is 3.78. The maximum atomic E-state index is 12.9. The van der Waals surface area contributed by atoms with Crippen LogP contribution >= 0.6 is 0 Å². The molecule has 3 rings (SSSR count). The largest absolute Gasteiger partial charge is 0.290 e. The summed E-state index contributed by atoms with van der Waals surface area (Å²) in [5.74, 6) is 0. The van der Waals surface area contributed by atoms with Crippen molar-refractivity contribution in [3.05, 3.63) is 53.0 Å². The van der Waals surface area contributed by atoms with Crippen molar-refractivity contribution in [1.29, 1.82) is 0 Å². The zero-order valence-electron chi connectivity index (χ0n) is 13.9. The Labute approximate surface area is 134 Å². The lowest BCUT2D eigenvalue weighted by Crippen LogP contribution is -2.29. The van der Waals surface area contributed by atoms with Crippen LogP contribution < -0.4 is 5.56 Å². The van der Waals surface area contributed by atoms with Crippen molar-refractivity contribution >= 4 is 11.0 Å². The third-order valence-corrected chi connectivity index (χ3v) is 3.78. The second-order valence-electron chi connectivity index (χ2n) is 7.06. The minimum absolute atomic E-state index is 0.0546. The van der Waals surface area contributed by atoms with Gasteiger partial charge in [0.2, 0.25) is 0 Å². The molecule has 6 nitrogen and oxygen atoms in total. The molecule has 120 valence electrons. The highest BCUT2D eigenvalue weighted by molar-refractivity contribution is 5.71. The van der Waals surface area contributed by atoms with Gasteiger partial charge in [-0.3, -0.25) is 19.0 Å². The predicted octanol–water partition coefficient (Wildman–Crippen LogP) is 2.55. The Kier molecular flexibility index (Phi) is 3.75. The van der Waals surface area contributed by atoms with E-state index >= 15 is 0 Å². The Morgan fingerprint density at radius 2 is 2.09 bits per heavy atom. The molecule has 0 aliphatic rings. The van der Waals surface area contributed by atoms with Crippen molar-refractivity contribution in [2.45, 2.75) is 33.2 Å². The summed E-state index contributed by atoms with van der Waals surface area (Å²) >= 11 is 0. The highest BCUT2D eigenvalue weighted by Gasteiger charge is 2.24. The van der Waals surface area contributed by atoms with Gasteiger partial charge in [0.25, 0.3) is 5.56 Å². The van der Waals surface area contributed by atoms with Crippen molar-refractivity contribution in [3.8, 4) is 0 Å². The first-order chi connectivity index (χ1) is 10.8. The molecule has 3 aromatic rings. The fraction of sp³-hybridized carbons (Fsp3) is 0.412. The van der Waals surface area contributed by atoms with Crippen LogP contribution in [0.3, 0.4) is 0 Å². The van der Waals surface area contributed by atoms with Gasteiger partial charge in [-0.15, -0.1) is 0 Å². The minimum atomic E-state index is -0.117. The Bertz CT molecular complexity index is 873. The first-order valence-electron chi connectivity index (χ1n) is 7.65. The molecule has 0 N–H and O–H groups in total. The van der Waals surface area contributed by atoms with Crippen LogP contribution in [0.5, 0.6) is 0 Å². The quantitative estimate of drug-likeness (QED) is 0.745. The van der Waals surface area contributed by atoms with Crippen LogP contribution in [0, 0.1) is 5.41 Å². The van der Waals surface area contributed by atoms with E-state index in [-0.39, 0.29) is 17.0 Å². The van der Waals surface area contributed by atoms with Gasteiger partial charge in [0.05, 0.1) is 18.6 Å². The summed E-state index contributed by atoms with van der Waals surface area (Å²) in [5.41, 5.74) is 1.96. The molecule has 0 unspecified atom stereocenters. The number of aryl methyl sites for hydroxylation is 1. The molecule has 3 aromatic heterocycles. The van der Waals surface area contributed by atoms with Gasteiger partial charge in [0.1, 0.15) is 5.52 Å². The summed E-state index contributed by atoms with van der Waals surface area (Å²) in [4.78, 5) is 21.5. The smallest absolute Gasteiger partial charge is 0.282 e. The van der Waals surface area contributed by atoms with E-state index in [1.165, 1.54) is 0 Å². The molecule has 0 radical (unpaired) electrons. The highest BCUT2D eigenvalue weighted by atomic mass is 16.1. The summed E-state index contributed by atoms with van der Waals surface area (Å²) in [6.45, 7) is 6.48. The molecule has 0 saturated carbocycles. The van der Waals surface area contributed by atoms with Crippen molar-refractivity contribution < 1.29 is 0 Å². The number of rotatable bonds is 3. The van der Waals surface area contributed by atoms with Gasteiger partial charge in [-0.2, -0.15) is 5.10 Å². The number of fused-ring (bicyclic) bond motifs is 1. The van der Waals surface area contributed by atoms with Gasteiger partial charge in [0.15, 0.2) is 5.52 Å². The van der Waals surface area contributed by atoms with E-state index in [0.717, 1.165) is 12.0 Å². The SMILES string of the molecule is Cn1cc2ncn([C@@H](CC(C)(C)C)c3cccnc3)c(=O)c2n1. The van der Waals surface area contributed by atoms with E-state index < -0.39 is 0 Å². The molecule has 6 heteroatoms. The van der Waals surface area contributed by atoms with Crippen LogP contribution in [0.25, 0.3) is 11.0 Å². The van der Waals surface area contributed by atoms with Gasteiger partial charge in [0, 0.05) is 19.4 Å². The summed E-state index contributed by atoms with van der Waals surface area (Å²) in [5, 5.41) is 4.25. The maximum Gasteiger partial charge on any atom is 0.282 e. The van der Waals surface area contributed by atoms with Gasteiger partial charge in [-0.1, -0.05) is 26.8 Å². The van der Waals surface area contributed by atoms with E-state index in [9.17, 15) is 4.79 Å². The third kappa shape index (κ3) is 3.16. The number of pyridine rings is 1. The topological polar surface area (TPSA) is 65.6 Å². The zero-order valence-corrected chi connectivity index (χ0v) is 13.9. The Balaban J connectivity index is 2.17. The van der Waals surface area contributed by atoms with E-state index in [4.69, 9.17) is 0 Å². The monoisotopic (exact) mass is 311 g/mol. The first kappa shape index (κ1) is 15.4. The van der Waals surface area contributed by atoms with Gasteiger partial charge in [-0.25, -0.2) is 4.98 Å². The lowest BCUT2D eigenvalue weighted by atomic mass is 9.85. The normalized spacial score (nSPS) is 13.4. The Morgan fingerprint density at radius 3 is 2.74 bits per heavy atom. The van der Waals surface area contributed by atoms with Gasteiger partial charge < -0.3 is 0 Å². The minimum Gasteiger partial charge on any atom is -0.290 e. The molecule has 0 amide bonds. The highest BCUT2D eigenvalue weighted by Crippen LogP contribution is 2.31. The van der Waals surface area contributed by atoms with Crippen LogP contribution in [0.15, 0.2) is 41.8 Å². The number of hydrogen-bond donors (Lipinski definition) is 0. The molecule has 0 bridgehead atoms. The van der Waals surface area contributed by atoms with Crippen LogP contribution in [0.4, 0.5) is 0 Å². The Hall–Kier alpha value is -2.50. The standard InChI is InChI=1S/C17H21N5O/c1-17(2,3)8-14(12-6-5-7-18-9-12)22-11-19-13-10-21(4)20-15(13)16(22)23/h5-7,9-11,14H,8H2,1-4H3/t14-/m0/s1. The summed E-state index contributed by atoms with van der Waals surface area (Å²) in [6, 6.07) is 3.77. The Morgan fingerprint density at radius 1 is 1.30 bits per heavy atom. The van der Waals surface area contributed by atoms with Gasteiger partial charge in [-0.05, 0) is 23.5 Å². The summed E-state index contributed by atoms with van der Waals surface area (Å²) in [6.07, 6.45) is 7.73. The lowest BCUT2D eigenvalue weighted by molar-refractivity contribution is 0.314. The molecular weight excluding hydrogens is 290 g/mol. The lowest BCUT2D eigenvalue weighted by Gasteiger charge is -2.27. The zero-order chi connectivity index (χ0) is 16.6. The number of aromatic nitrogens is 5. The number of nitrogens with zero attached hydrogens (tertiary/aromatic N) is 5. The van der Waals surface area contributed by atoms with Crippen LogP contribution in [-0.4, -0.2) is 24.3 Å².